The molecule has 0 fully saturated rings. The van der Waals surface area contributed by atoms with E-state index in [4.69, 9.17) is 10.5 Å². The number of nitrogens with two attached hydrogens (primary N) is 1. The van der Waals surface area contributed by atoms with Crippen molar-refractivity contribution in [1.82, 2.24) is 15.5 Å². The van der Waals surface area contributed by atoms with Gasteiger partial charge >= 0.3 is 6.09 Å². The Bertz CT molecular complexity index is 894. The van der Waals surface area contributed by atoms with Crippen molar-refractivity contribution in [1.29, 1.82) is 0 Å². The van der Waals surface area contributed by atoms with Crippen LogP contribution in [-0.2, 0) is 19.1 Å². The molecule has 196 valence electrons. The highest BCUT2D eigenvalue weighted by molar-refractivity contribution is 5.94. The first-order valence-electron chi connectivity index (χ1n) is 12.2. The molecule has 2 unspecified atom stereocenters. The summed E-state index contributed by atoms with van der Waals surface area (Å²) < 4.78 is 5.26. The number of carbonyl (C=O) groups is 4. The second-order valence-electron chi connectivity index (χ2n) is 9.75. The summed E-state index contributed by atoms with van der Waals surface area (Å²) in [6.07, 6.45) is 1.55. The molecule has 0 bridgehead atoms. The van der Waals surface area contributed by atoms with Crippen molar-refractivity contribution in [3.63, 3.8) is 0 Å². The standard InChI is InChI=1S/C26H42N4O5/c1-8-10-11-14-28-23(32)22(19-15-17(3)12-13-18(19)4)30(9-2)24(33)20(16-21(27)31)29-25(34)35-26(5,6)7/h12-13,15,20,22H,8-11,14,16H2,1-7H3,(H2,27,31)(H,28,32)(H,29,34). The molecule has 1 aromatic rings. The Morgan fingerprint density at radius 1 is 1.09 bits per heavy atom. The predicted octanol–water partition coefficient (Wildman–Crippen LogP) is 3.27. The molecule has 0 aromatic heterocycles. The van der Waals surface area contributed by atoms with Crippen LogP contribution in [0.2, 0.25) is 0 Å². The summed E-state index contributed by atoms with van der Waals surface area (Å²) in [5, 5.41) is 5.41. The fourth-order valence-corrected chi connectivity index (χ4v) is 3.71. The van der Waals surface area contributed by atoms with E-state index in [9.17, 15) is 19.2 Å². The zero-order valence-electron chi connectivity index (χ0n) is 22.2. The number of likely N-dealkylation sites (N-methyl/N-ethyl adjacent to an activating group) is 1. The molecule has 0 aliphatic rings. The van der Waals surface area contributed by atoms with Gasteiger partial charge in [0.2, 0.25) is 17.7 Å². The van der Waals surface area contributed by atoms with E-state index < -0.39 is 42.0 Å². The van der Waals surface area contributed by atoms with Crippen molar-refractivity contribution in [2.75, 3.05) is 13.1 Å². The molecule has 0 aliphatic heterocycles. The topological polar surface area (TPSA) is 131 Å². The third-order valence-electron chi connectivity index (χ3n) is 5.39. The van der Waals surface area contributed by atoms with E-state index in [0.29, 0.717) is 12.1 Å². The van der Waals surface area contributed by atoms with Gasteiger partial charge in [-0.3, -0.25) is 14.4 Å². The summed E-state index contributed by atoms with van der Waals surface area (Å²) in [4.78, 5) is 52.6. The number of hydrogen-bond donors (Lipinski definition) is 3. The Kier molecular flexibility index (Phi) is 11.7. The highest BCUT2D eigenvalue weighted by Crippen LogP contribution is 2.27. The summed E-state index contributed by atoms with van der Waals surface area (Å²) in [5.41, 5.74) is 7.06. The van der Waals surface area contributed by atoms with E-state index in [1.807, 2.05) is 32.0 Å². The first-order valence-corrected chi connectivity index (χ1v) is 12.2. The van der Waals surface area contributed by atoms with Crippen LogP contribution in [-0.4, -0.2) is 53.4 Å². The molecule has 9 heteroatoms. The molecule has 0 saturated heterocycles. The Morgan fingerprint density at radius 2 is 1.74 bits per heavy atom. The third-order valence-corrected chi connectivity index (χ3v) is 5.39. The van der Waals surface area contributed by atoms with Gasteiger partial charge in [-0.05, 0) is 59.1 Å². The van der Waals surface area contributed by atoms with Gasteiger partial charge in [0.1, 0.15) is 17.7 Å². The minimum absolute atomic E-state index is 0.171. The fraction of sp³-hybridized carbons (Fsp3) is 0.615. The van der Waals surface area contributed by atoms with Crippen molar-refractivity contribution in [2.24, 2.45) is 5.73 Å². The number of primary amides is 1. The van der Waals surface area contributed by atoms with Gasteiger partial charge < -0.3 is 26.0 Å². The van der Waals surface area contributed by atoms with E-state index >= 15 is 0 Å². The predicted molar refractivity (Wildman–Crippen MR) is 136 cm³/mol. The first-order chi connectivity index (χ1) is 16.3. The number of hydrogen-bond acceptors (Lipinski definition) is 5. The van der Waals surface area contributed by atoms with Crippen LogP contribution in [0.4, 0.5) is 4.79 Å². The number of benzene rings is 1. The molecule has 1 rings (SSSR count). The molecule has 4 N–H and O–H groups in total. The molecule has 0 radical (unpaired) electrons. The average molecular weight is 491 g/mol. The molecule has 4 amide bonds. The van der Waals surface area contributed by atoms with Gasteiger partial charge in [-0.2, -0.15) is 0 Å². The van der Waals surface area contributed by atoms with Crippen molar-refractivity contribution in [3.8, 4) is 0 Å². The zero-order valence-corrected chi connectivity index (χ0v) is 22.2. The van der Waals surface area contributed by atoms with E-state index in [2.05, 4.69) is 17.6 Å². The lowest BCUT2D eigenvalue weighted by Gasteiger charge is -2.34. The monoisotopic (exact) mass is 490 g/mol. The van der Waals surface area contributed by atoms with Crippen LogP contribution in [0.25, 0.3) is 0 Å². The van der Waals surface area contributed by atoms with E-state index in [0.717, 1.165) is 30.4 Å². The number of carbonyl (C=O) groups excluding carboxylic acids is 4. The number of ether oxygens (including phenoxy) is 1. The zero-order chi connectivity index (χ0) is 26.8. The Labute approximate surface area is 209 Å². The van der Waals surface area contributed by atoms with Crippen molar-refractivity contribution < 1.29 is 23.9 Å². The van der Waals surface area contributed by atoms with Crippen LogP contribution in [0.3, 0.4) is 0 Å². The summed E-state index contributed by atoms with van der Waals surface area (Å²) in [6.45, 7) is 13.3. The van der Waals surface area contributed by atoms with Crippen LogP contribution in [0.5, 0.6) is 0 Å². The minimum Gasteiger partial charge on any atom is -0.444 e. The number of amides is 4. The van der Waals surface area contributed by atoms with Crippen LogP contribution >= 0.6 is 0 Å². The summed E-state index contributed by atoms with van der Waals surface area (Å²) in [7, 11) is 0. The molecule has 0 spiro atoms. The van der Waals surface area contributed by atoms with Crippen LogP contribution in [0.1, 0.15) is 83.0 Å². The Morgan fingerprint density at radius 3 is 2.29 bits per heavy atom. The van der Waals surface area contributed by atoms with E-state index in [1.165, 1.54) is 4.90 Å². The van der Waals surface area contributed by atoms with E-state index in [-0.39, 0.29) is 12.5 Å². The molecule has 2 atom stereocenters. The largest absolute Gasteiger partial charge is 0.444 e. The van der Waals surface area contributed by atoms with E-state index in [1.54, 1.807) is 27.7 Å². The summed E-state index contributed by atoms with van der Waals surface area (Å²) >= 11 is 0. The minimum atomic E-state index is -1.28. The lowest BCUT2D eigenvalue weighted by molar-refractivity contribution is -0.143. The van der Waals surface area contributed by atoms with Gasteiger partial charge in [0.15, 0.2) is 0 Å². The maximum absolute atomic E-state index is 13.7. The second-order valence-corrected chi connectivity index (χ2v) is 9.75. The molecular weight excluding hydrogens is 448 g/mol. The quantitative estimate of drug-likeness (QED) is 0.387. The number of alkyl carbamates (subject to hydrolysis) is 1. The normalized spacial score (nSPS) is 12.9. The lowest BCUT2D eigenvalue weighted by atomic mass is 9.96. The molecule has 0 aliphatic carbocycles. The smallest absolute Gasteiger partial charge is 0.408 e. The number of nitrogens with one attached hydrogen (secondary N) is 2. The molecule has 0 heterocycles. The summed E-state index contributed by atoms with van der Waals surface area (Å²) in [5.74, 6) is -1.67. The number of rotatable bonds is 12. The van der Waals surface area contributed by atoms with Crippen molar-refractivity contribution >= 4 is 23.8 Å². The molecule has 1 aromatic carbocycles. The molecule has 9 nitrogen and oxygen atoms in total. The number of unbranched alkanes of at least 4 members (excludes halogenated alkanes) is 2. The Hall–Kier alpha value is -3.10. The average Bonchev–Trinajstić information content (AvgIpc) is 2.74. The van der Waals surface area contributed by atoms with Crippen molar-refractivity contribution in [3.05, 3.63) is 34.9 Å². The maximum atomic E-state index is 13.7. The third kappa shape index (κ3) is 9.96. The number of nitrogens with zero attached hydrogens (tertiary/aromatic N) is 1. The summed E-state index contributed by atoms with van der Waals surface area (Å²) in [6, 6.07) is 3.51. The van der Waals surface area contributed by atoms with Crippen LogP contribution in [0.15, 0.2) is 18.2 Å². The molecule has 0 saturated carbocycles. The van der Waals surface area contributed by atoms with Gasteiger partial charge in [-0.25, -0.2) is 4.79 Å². The Balaban J connectivity index is 3.37. The van der Waals surface area contributed by atoms with Gasteiger partial charge in [0.25, 0.3) is 0 Å². The first kappa shape index (κ1) is 29.9. The molecular formula is C26H42N4O5. The highest BCUT2D eigenvalue weighted by Gasteiger charge is 2.36. The van der Waals surface area contributed by atoms with Gasteiger partial charge in [0, 0.05) is 13.1 Å². The number of aryl methyl sites for hydroxylation is 2. The fourth-order valence-electron chi connectivity index (χ4n) is 3.71. The molecule has 35 heavy (non-hydrogen) atoms. The van der Waals surface area contributed by atoms with Gasteiger partial charge in [0.05, 0.1) is 6.42 Å². The van der Waals surface area contributed by atoms with Crippen LogP contribution in [0, 0.1) is 13.8 Å². The highest BCUT2D eigenvalue weighted by atomic mass is 16.6. The van der Waals surface area contributed by atoms with Crippen molar-refractivity contribution in [2.45, 2.75) is 91.8 Å². The van der Waals surface area contributed by atoms with Gasteiger partial charge in [-0.1, -0.05) is 43.5 Å². The SMILES string of the molecule is CCCCCNC(=O)C(c1cc(C)ccc1C)N(CC)C(=O)C(CC(N)=O)NC(=O)OC(C)(C)C. The maximum Gasteiger partial charge on any atom is 0.408 e. The lowest BCUT2D eigenvalue weighted by Crippen LogP contribution is -2.54. The second kappa shape index (κ2) is 13.7. The van der Waals surface area contributed by atoms with Crippen LogP contribution < -0.4 is 16.4 Å². The van der Waals surface area contributed by atoms with Gasteiger partial charge in [-0.15, -0.1) is 0 Å².